The fourth-order valence-corrected chi connectivity index (χ4v) is 9.19. The molecule has 37 heavy (non-hydrogen) atoms. The third kappa shape index (κ3) is 5.47. The van der Waals surface area contributed by atoms with Gasteiger partial charge in [0.05, 0.1) is 24.9 Å². The highest BCUT2D eigenvalue weighted by atomic mass is 16.6. The van der Waals surface area contributed by atoms with E-state index in [4.69, 9.17) is 9.47 Å². The van der Waals surface area contributed by atoms with Gasteiger partial charge in [0.1, 0.15) is 0 Å². The van der Waals surface area contributed by atoms with Gasteiger partial charge < -0.3 is 24.8 Å². The van der Waals surface area contributed by atoms with Crippen LogP contribution >= 0.6 is 0 Å². The summed E-state index contributed by atoms with van der Waals surface area (Å²) in [7, 11) is 0. The highest BCUT2D eigenvalue weighted by Gasteiger charge is 2.65. The number of aliphatic hydroxyl groups is 3. The van der Waals surface area contributed by atoms with Gasteiger partial charge in [-0.15, -0.1) is 0 Å². The van der Waals surface area contributed by atoms with Crippen molar-refractivity contribution in [1.82, 2.24) is 0 Å². The molecule has 7 nitrogen and oxygen atoms in total. The zero-order chi connectivity index (χ0) is 27.1. The van der Waals surface area contributed by atoms with Crippen molar-refractivity contribution in [3.8, 4) is 0 Å². The zero-order valence-electron chi connectivity index (χ0n) is 23.5. The molecule has 0 aliphatic heterocycles. The van der Waals surface area contributed by atoms with Crippen LogP contribution in [0.1, 0.15) is 92.4 Å². The summed E-state index contributed by atoms with van der Waals surface area (Å²) in [6.45, 7) is 10.6. The van der Waals surface area contributed by atoms with Crippen LogP contribution < -0.4 is 0 Å². The molecule has 0 aromatic carbocycles. The molecular weight excluding hydrogens is 472 g/mol. The molecule has 0 aromatic heterocycles. The zero-order valence-corrected chi connectivity index (χ0v) is 23.5. The fraction of sp³-hybridized carbons (Fsp3) is 0.933. The van der Waals surface area contributed by atoms with E-state index in [2.05, 4.69) is 20.8 Å². The summed E-state index contributed by atoms with van der Waals surface area (Å²) >= 11 is 0. The van der Waals surface area contributed by atoms with Crippen molar-refractivity contribution in [2.75, 3.05) is 13.2 Å². The normalized spacial score (nSPS) is 43.9. The summed E-state index contributed by atoms with van der Waals surface area (Å²) in [6.07, 6.45) is 5.79. The van der Waals surface area contributed by atoms with Crippen LogP contribution in [0.3, 0.4) is 0 Å². The van der Waals surface area contributed by atoms with Crippen LogP contribution in [0.15, 0.2) is 0 Å². The number of ether oxygens (including phenoxy) is 2. The Morgan fingerprint density at radius 1 is 0.919 bits per heavy atom. The predicted molar refractivity (Wildman–Crippen MR) is 139 cm³/mol. The summed E-state index contributed by atoms with van der Waals surface area (Å²) in [5.74, 6) is 0.847. The number of aliphatic hydroxyl groups excluding tert-OH is 3. The number of hydrogen-bond acceptors (Lipinski definition) is 7. The maximum absolute atomic E-state index is 12.3. The maximum atomic E-state index is 12.3. The molecule has 4 fully saturated rings. The van der Waals surface area contributed by atoms with Crippen molar-refractivity contribution in [2.24, 2.45) is 52.3 Å². The topological polar surface area (TPSA) is 113 Å². The molecule has 0 radical (unpaired) electrons. The van der Waals surface area contributed by atoms with Crippen molar-refractivity contribution < 1.29 is 34.4 Å². The molecule has 0 aromatic rings. The van der Waals surface area contributed by atoms with Crippen molar-refractivity contribution in [2.45, 2.75) is 111 Å². The molecule has 212 valence electrons. The minimum absolute atomic E-state index is 0.0647. The van der Waals surface area contributed by atoms with E-state index >= 15 is 0 Å². The molecule has 0 bridgehead atoms. The summed E-state index contributed by atoms with van der Waals surface area (Å²) < 4.78 is 10.2. The van der Waals surface area contributed by atoms with Gasteiger partial charge in [0, 0.05) is 6.42 Å². The molecule has 4 rings (SSSR count). The number of esters is 2. The van der Waals surface area contributed by atoms with E-state index in [1.807, 2.05) is 13.8 Å². The maximum Gasteiger partial charge on any atom is 0.344 e. The minimum atomic E-state index is -0.518. The Kier molecular flexibility index (Phi) is 8.67. The van der Waals surface area contributed by atoms with Gasteiger partial charge in [-0.1, -0.05) is 34.6 Å². The van der Waals surface area contributed by atoms with Crippen molar-refractivity contribution >= 4 is 11.9 Å². The second-order valence-electron chi connectivity index (χ2n) is 13.8. The number of rotatable bonds is 8. The summed E-state index contributed by atoms with van der Waals surface area (Å²) in [5.41, 5.74) is -0.223. The Labute approximate surface area is 222 Å². The number of carbonyl (C=O) groups excluding carboxylic acids is 2. The van der Waals surface area contributed by atoms with Crippen LogP contribution in [0.5, 0.6) is 0 Å². The van der Waals surface area contributed by atoms with Gasteiger partial charge in [-0.05, 0) is 104 Å². The number of fused-ring (bicyclic) bond motifs is 5. The second-order valence-corrected chi connectivity index (χ2v) is 13.8. The van der Waals surface area contributed by atoms with Gasteiger partial charge >= 0.3 is 11.9 Å². The third-order valence-electron chi connectivity index (χ3n) is 11.3. The smallest absolute Gasteiger partial charge is 0.344 e. The second kappa shape index (κ2) is 11.1. The van der Waals surface area contributed by atoms with E-state index in [1.54, 1.807) is 0 Å². The lowest BCUT2D eigenvalue weighted by Crippen LogP contribution is -2.62. The standard InChI is InChI=1S/C30H50O7/c1-17(2)15-36-27(35)16-37-26(34)9-6-18(3)21-7-8-22-28-23(14-25(33)30(21,22)5)29(4)11-10-20(31)12-19(29)13-24(28)32/h17-25,28,31-33H,6-16H2,1-5H3. The molecule has 4 aliphatic rings. The van der Waals surface area contributed by atoms with E-state index in [9.17, 15) is 24.9 Å². The van der Waals surface area contributed by atoms with E-state index in [0.717, 1.165) is 38.5 Å². The lowest BCUT2D eigenvalue weighted by molar-refractivity contribution is -0.207. The first kappa shape index (κ1) is 28.8. The Morgan fingerprint density at radius 2 is 1.65 bits per heavy atom. The molecule has 11 atom stereocenters. The summed E-state index contributed by atoms with van der Waals surface area (Å²) in [4.78, 5) is 24.1. The van der Waals surface area contributed by atoms with E-state index in [1.165, 1.54) is 0 Å². The van der Waals surface area contributed by atoms with Gasteiger partial charge in [-0.2, -0.15) is 0 Å². The summed E-state index contributed by atoms with van der Waals surface area (Å²) in [6, 6.07) is 0. The van der Waals surface area contributed by atoms with Crippen LogP contribution in [-0.4, -0.2) is 58.8 Å². The van der Waals surface area contributed by atoms with E-state index in [0.29, 0.717) is 25.4 Å². The van der Waals surface area contributed by atoms with Crippen molar-refractivity contribution in [1.29, 1.82) is 0 Å². The van der Waals surface area contributed by atoms with Crippen molar-refractivity contribution in [3.05, 3.63) is 0 Å². The first-order chi connectivity index (χ1) is 17.4. The Morgan fingerprint density at radius 3 is 2.35 bits per heavy atom. The lowest BCUT2D eigenvalue weighted by Gasteiger charge is -2.63. The molecule has 0 saturated heterocycles. The molecule has 0 spiro atoms. The van der Waals surface area contributed by atoms with Crippen LogP contribution in [-0.2, 0) is 19.1 Å². The Balaban J connectivity index is 1.37. The quantitative estimate of drug-likeness (QED) is 0.411. The minimum Gasteiger partial charge on any atom is -0.463 e. The van der Waals surface area contributed by atoms with Crippen LogP contribution in [0.25, 0.3) is 0 Å². The van der Waals surface area contributed by atoms with Gasteiger partial charge in [0.25, 0.3) is 0 Å². The van der Waals surface area contributed by atoms with Crippen LogP contribution in [0.2, 0.25) is 0 Å². The van der Waals surface area contributed by atoms with E-state index < -0.39 is 18.0 Å². The van der Waals surface area contributed by atoms with Gasteiger partial charge in [0.2, 0.25) is 0 Å². The highest BCUT2D eigenvalue weighted by molar-refractivity contribution is 5.76. The SMILES string of the molecule is CC(C)COC(=O)COC(=O)CCC(C)C1CCC2C3C(O)CC4CC(O)CCC4(C)C3CC(O)C12C. The number of carbonyl (C=O) groups is 2. The van der Waals surface area contributed by atoms with E-state index in [-0.39, 0.29) is 71.6 Å². The molecule has 11 unspecified atom stereocenters. The molecule has 0 amide bonds. The van der Waals surface area contributed by atoms with Gasteiger partial charge in [-0.25, -0.2) is 4.79 Å². The predicted octanol–water partition coefficient (Wildman–Crippen LogP) is 4.11. The Hall–Kier alpha value is -1.18. The Bertz CT molecular complexity index is 829. The lowest BCUT2D eigenvalue weighted by atomic mass is 9.43. The fourth-order valence-electron chi connectivity index (χ4n) is 9.19. The van der Waals surface area contributed by atoms with Crippen LogP contribution in [0.4, 0.5) is 0 Å². The highest BCUT2D eigenvalue weighted by Crippen LogP contribution is 2.68. The molecular formula is C30H50O7. The average molecular weight is 523 g/mol. The molecule has 3 N–H and O–H groups in total. The third-order valence-corrected chi connectivity index (χ3v) is 11.3. The van der Waals surface area contributed by atoms with Gasteiger partial charge in [-0.3, -0.25) is 4.79 Å². The molecule has 4 aliphatic carbocycles. The number of hydrogen-bond donors (Lipinski definition) is 3. The van der Waals surface area contributed by atoms with Crippen molar-refractivity contribution in [3.63, 3.8) is 0 Å². The van der Waals surface area contributed by atoms with Crippen LogP contribution in [0, 0.1) is 52.3 Å². The summed E-state index contributed by atoms with van der Waals surface area (Å²) in [5, 5.41) is 33.4. The molecule has 7 heteroatoms. The monoisotopic (exact) mass is 522 g/mol. The molecule has 4 saturated carbocycles. The largest absolute Gasteiger partial charge is 0.463 e. The first-order valence-electron chi connectivity index (χ1n) is 14.7. The first-order valence-corrected chi connectivity index (χ1v) is 14.7. The average Bonchev–Trinajstić information content (AvgIpc) is 3.20. The molecule has 0 heterocycles. The van der Waals surface area contributed by atoms with Gasteiger partial charge in [0.15, 0.2) is 6.61 Å².